The highest BCUT2D eigenvalue weighted by atomic mass is 19.1. The van der Waals surface area contributed by atoms with Crippen LogP contribution < -0.4 is 5.32 Å². The van der Waals surface area contributed by atoms with Crippen LogP contribution in [0.25, 0.3) is 0 Å². The van der Waals surface area contributed by atoms with Crippen molar-refractivity contribution in [2.45, 2.75) is 25.4 Å². The van der Waals surface area contributed by atoms with Crippen LogP contribution in [0.15, 0.2) is 30.5 Å². The third-order valence-electron chi connectivity index (χ3n) is 3.42. The van der Waals surface area contributed by atoms with E-state index in [9.17, 15) is 14.0 Å². The minimum Gasteiger partial charge on any atom is -0.481 e. The molecule has 0 fully saturated rings. The van der Waals surface area contributed by atoms with Gasteiger partial charge in [-0.05, 0) is 24.6 Å². The van der Waals surface area contributed by atoms with Gasteiger partial charge in [0, 0.05) is 7.11 Å². The van der Waals surface area contributed by atoms with E-state index in [1.807, 2.05) is 0 Å². The molecule has 0 saturated carbocycles. The number of benzene rings is 1. The molecule has 1 aromatic heterocycles. The van der Waals surface area contributed by atoms with Gasteiger partial charge < -0.3 is 15.2 Å². The molecule has 0 aliphatic carbocycles. The van der Waals surface area contributed by atoms with Crippen molar-refractivity contribution >= 4 is 11.9 Å². The summed E-state index contributed by atoms with van der Waals surface area (Å²) in [7, 11) is 1.42. The fraction of sp³-hybridized carbons (Fsp3) is 0.375. The number of methoxy groups -OCH3 is 1. The minimum atomic E-state index is -1.08. The van der Waals surface area contributed by atoms with Gasteiger partial charge in [-0.3, -0.25) is 9.59 Å². The van der Waals surface area contributed by atoms with E-state index in [1.54, 1.807) is 19.1 Å². The molecule has 2 N–H and O–H groups in total. The molecule has 1 atom stereocenters. The van der Waals surface area contributed by atoms with Gasteiger partial charge in [-0.15, -0.1) is 5.10 Å². The lowest BCUT2D eigenvalue weighted by Crippen LogP contribution is -2.50. The number of carboxylic acid groups (broad SMARTS) is 1. The Bertz CT molecular complexity index is 764. The van der Waals surface area contributed by atoms with E-state index >= 15 is 0 Å². The lowest BCUT2D eigenvalue weighted by molar-refractivity contribution is -0.139. The maximum atomic E-state index is 13.2. The largest absolute Gasteiger partial charge is 0.481 e. The van der Waals surface area contributed by atoms with Crippen molar-refractivity contribution in [1.29, 1.82) is 0 Å². The van der Waals surface area contributed by atoms with Crippen LogP contribution in [0.1, 0.15) is 29.4 Å². The molecule has 25 heavy (non-hydrogen) atoms. The van der Waals surface area contributed by atoms with Gasteiger partial charge in [-0.25, -0.2) is 9.07 Å². The Kier molecular flexibility index (Phi) is 5.81. The van der Waals surface area contributed by atoms with Crippen molar-refractivity contribution in [3.05, 3.63) is 47.5 Å². The highest BCUT2D eigenvalue weighted by Gasteiger charge is 2.30. The summed E-state index contributed by atoms with van der Waals surface area (Å²) < 4.78 is 19.6. The highest BCUT2D eigenvalue weighted by molar-refractivity contribution is 5.92. The molecule has 9 heteroatoms. The molecule has 0 saturated heterocycles. The Morgan fingerprint density at radius 3 is 2.84 bits per heavy atom. The SMILES string of the molecule is COCC(C)(CC(=O)O)NC(=O)c1cn(Cc2cccc(F)c2)nn1. The number of nitrogens with one attached hydrogen (secondary N) is 1. The van der Waals surface area contributed by atoms with Crippen molar-refractivity contribution in [3.63, 3.8) is 0 Å². The van der Waals surface area contributed by atoms with Gasteiger partial charge >= 0.3 is 5.97 Å². The van der Waals surface area contributed by atoms with E-state index < -0.39 is 17.4 Å². The quantitative estimate of drug-likeness (QED) is 0.738. The van der Waals surface area contributed by atoms with Crippen LogP contribution in [0.5, 0.6) is 0 Å². The van der Waals surface area contributed by atoms with Gasteiger partial charge in [-0.2, -0.15) is 0 Å². The Hall–Kier alpha value is -2.81. The number of rotatable bonds is 8. The molecule has 1 unspecified atom stereocenters. The summed E-state index contributed by atoms with van der Waals surface area (Å²) in [6.45, 7) is 1.85. The molecule has 134 valence electrons. The first-order valence-corrected chi connectivity index (χ1v) is 7.49. The Morgan fingerprint density at radius 2 is 2.20 bits per heavy atom. The van der Waals surface area contributed by atoms with E-state index in [2.05, 4.69) is 15.6 Å². The first-order valence-electron chi connectivity index (χ1n) is 7.49. The van der Waals surface area contributed by atoms with Gasteiger partial charge in [0.2, 0.25) is 0 Å². The zero-order chi connectivity index (χ0) is 18.4. The summed E-state index contributed by atoms with van der Waals surface area (Å²) in [6, 6.07) is 6.01. The summed E-state index contributed by atoms with van der Waals surface area (Å²) >= 11 is 0. The molecular weight excluding hydrogens is 331 g/mol. The normalized spacial score (nSPS) is 13.2. The summed E-state index contributed by atoms with van der Waals surface area (Å²) in [4.78, 5) is 23.3. The summed E-state index contributed by atoms with van der Waals surface area (Å²) in [5.41, 5.74) is -0.375. The summed E-state index contributed by atoms with van der Waals surface area (Å²) in [6.07, 6.45) is 1.11. The van der Waals surface area contributed by atoms with E-state index in [1.165, 1.54) is 30.1 Å². The number of aliphatic carboxylic acids is 1. The number of carbonyl (C=O) groups excluding carboxylic acids is 1. The number of hydrogen-bond acceptors (Lipinski definition) is 5. The number of aromatic nitrogens is 3. The monoisotopic (exact) mass is 350 g/mol. The Morgan fingerprint density at radius 1 is 1.44 bits per heavy atom. The summed E-state index contributed by atoms with van der Waals surface area (Å²) in [5, 5.41) is 19.2. The number of nitrogens with zero attached hydrogens (tertiary/aromatic N) is 3. The van der Waals surface area contributed by atoms with Crippen LogP contribution in [0.3, 0.4) is 0 Å². The lowest BCUT2D eigenvalue weighted by Gasteiger charge is -2.27. The smallest absolute Gasteiger partial charge is 0.305 e. The van der Waals surface area contributed by atoms with E-state index in [-0.39, 0.29) is 31.1 Å². The first-order chi connectivity index (χ1) is 11.8. The molecule has 0 aliphatic heterocycles. The van der Waals surface area contributed by atoms with Crippen molar-refractivity contribution in [3.8, 4) is 0 Å². The van der Waals surface area contributed by atoms with E-state index in [4.69, 9.17) is 9.84 Å². The van der Waals surface area contributed by atoms with Crippen LogP contribution in [-0.4, -0.2) is 51.2 Å². The molecular formula is C16H19FN4O4. The molecule has 1 heterocycles. The van der Waals surface area contributed by atoms with Gasteiger partial charge in [-0.1, -0.05) is 17.3 Å². The third kappa shape index (κ3) is 5.35. The Balaban J connectivity index is 2.07. The molecule has 2 rings (SSSR count). The highest BCUT2D eigenvalue weighted by Crippen LogP contribution is 2.12. The minimum absolute atomic E-state index is 0.0302. The number of halogens is 1. The van der Waals surface area contributed by atoms with Crippen molar-refractivity contribution in [2.75, 3.05) is 13.7 Å². The second-order valence-electron chi connectivity index (χ2n) is 5.95. The van der Waals surface area contributed by atoms with Crippen LogP contribution >= 0.6 is 0 Å². The van der Waals surface area contributed by atoms with Crippen LogP contribution in [0.4, 0.5) is 4.39 Å². The van der Waals surface area contributed by atoms with Crippen LogP contribution in [0, 0.1) is 5.82 Å². The predicted molar refractivity (Wildman–Crippen MR) is 85.5 cm³/mol. The van der Waals surface area contributed by atoms with E-state index in [0.29, 0.717) is 5.56 Å². The number of ether oxygens (including phenoxy) is 1. The van der Waals surface area contributed by atoms with Gasteiger partial charge in [0.05, 0.1) is 31.3 Å². The second-order valence-corrected chi connectivity index (χ2v) is 5.95. The molecule has 0 aliphatic rings. The average Bonchev–Trinajstić information content (AvgIpc) is 2.95. The number of amides is 1. The van der Waals surface area contributed by atoms with Crippen molar-refractivity contribution < 1.29 is 23.8 Å². The fourth-order valence-corrected chi connectivity index (χ4v) is 2.42. The third-order valence-corrected chi connectivity index (χ3v) is 3.42. The molecule has 0 radical (unpaired) electrons. The van der Waals surface area contributed by atoms with Crippen LogP contribution in [0.2, 0.25) is 0 Å². The molecule has 0 spiro atoms. The molecule has 8 nitrogen and oxygen atoms in total. The average molecular weight is 350 g/mol. The molecule has 2 aromatic rings. The molecule has 0 bridgehead atoms. The van der Waals surface area contributed by atoms with Crippen molar-refractivity contribution in [1.82, 2.24) is 20.3 Å². The maximum Gasteiger partial charge on any atom is 0.305 e. The first kappa shape index (κ1) is 18.5. The molecule has 1 aromatic carbocycles. The lowest BCUT2D eigenvalue weighted by atomic mass is 9.99. The number of hydrogen-bond donors (Lipinski definition) is 2. The zero-order valence-electron chi connectivity index (χ0n) is 13.9. The fourth-order valence-electron chi connectivity index (χ4n) is 2.42. The maximum absolute atomic E-state index is 13.2. The second kappa shape index (κ2) is 7.84. The van der Waals surface area contributed by atoms with Crippen LogP contribution in [-0.2, 0) is 16.1 Å². The van der Waals surface area contributed by atoms with Gasteiger partial charge in [0.25, 0.3) is 5.91 Å². The van der Waals surface area contributed by atoms with E-state index in [0.717, 1.165) is 0 Å². The van der Waals surface area contributed by atoms with Gasteiger partial charge in [0.1, 0.15) is 5.82 Å². The predicted octanol–water partition coefficient (Wildman–Crippen LogP) is 1.08. The number of carboxylic acids is 1. The summed E-state index contributed by atoms with van der Waals surface area (Å²) in [5.74, 6) is -1.99. The zero-order valence-corrected chi connectivity index (χ0v) is 13.9. The van der Waals surface area contributed by atoms with Gasteiger partial charge in [0.15, 0.2) is 5.69 Å². The molecule has 1 amide bonds. The Labute approximate surface area is 143 Å². The standard InChI is InChI=1S/C16H19FN4O4/c1-16(10-25-2,7-14(22)23)18-15(24)13-9-21(20-19-13)8-11-4-3-5-12(17)6-11/h3-6,9H,7-8,10H2,1-2H3,(H,18,24)(H,22,23). The number of carbonyl (C=O) groups is 2. The van der Waals surface area contributed by atoms with Crippen molar-refractivity contribution in [2.24, 2.45) is 0 Å². The topological polar surface area (TPSA) is 106 Å².